The van der Waals surface area contributed by atoms with Crippen LogP contribution in [0.5, 0.6) is 0 Å². The van der Waals surface area contributed by atoms with Gasteiger partial charge in [-0.15, -0.1) is 11.3 Å². The molecule has 126 valence electrons. The highest BCUT2D eigenvalue weighted by Crippen LogP contribution is 2.25. The fraction of sp³-hybridized carbons (Fsp3) is 0.389. The minimum atomic E-state index is -0.876. The molecule has 6 heteroatoms. The zero-order chi connectivity index (χ0) is 17.1. The number of carbonyl (C=O) groups is 2. The van der Waals surface area contributed by atoms with Gasteiger partial charge in [0.2, 0.25) is 0 Å². The van der Waals surface area contributed by atoms with Crippen LogP contribution in [0.1, 0.15) is 43.4 Å². The third-order valence-corrected chi connectivity index (χ3v) is 5.39. The first-order valence-corrected chi connectivity index (χ1v) is 8.89. The Hall–Kier alpha value is -2.21. The zero-order valence-electron chi connectivity index (χ0n) is 13.6. The third-order valence-electron chi connectivity index (χ3n) is 4.49. The molecule has 1 aliphatic rings. The van der Waals surface area contributed by atoms with Crippen LogP contribution in [0.15, 0.2) is 30.5 Å². The van der Waals surface area contributed by atoms with Crippen LogP contribution in [0.2, 0.25) is 0 Å². The van der Waals surface area contributed by atoms with Gasteiger partial charge in [0.25, 0.3) is 5.91 Å². The van der Waals surface area contributed by atoms with E-state index < -0.39 is 5.97 Å². The second kappa shape index (κ2) is 7.13. The average Bonchev–Trinajstić information content (AvgIpc) is 3.02. The molecule has 1 fully saturated rings. The predicted octanol–water partition coefficient (Wildman–Crippen LogP) is 3.24. The van der Waals surface area contributed by atoms with Crippen molar-refractivity contribution in [2.75, 3.05) is 13.1 Å². The smallest absolute Gasteiger partial charge is 0.335 e. The van der Waals surface area contributed by atoms with Crippen molar-refractivity contribution >= 4 is 23.2 Å². The Morgan fingerprint density at radius 3 is 2.62 bits per heavy atom. The Balaban J connectivity index is 1.60. The lowest BCUT2D eigenvalue weighted by Gasteiger charge is -2.32. The molecule has 1 N–H and O–H groups in total. The fourth-order valence-electron chi connectivity index (χ4n) is 3.17. The molecule has 5 nitrogen and oxygen atoms in total. The number of likely N-dealkylation sites (tertiary alicyclic amines) is 1. The van der Waals surface area contributed by atoms with Crippen molar-refractivity contribution in [3.05, 3.63) is 51.5 Å². The third kappa shape index (κ3) is 3.64. The van der Waals surface area contributed by atoms with Crippen molar-refractivity contribution in [1.82, 2.24) is 9.88 Å². The Morgan fingerprint density at radius 2 is 2.00 bits per heavy atom. The summed E-state index contributed by atoms with van der Waals surface area (Å²) in [6, 6.07) is 7.18. The first-order chi connectivity index (χ1) is 11.5. The van der Waals surface area contributed by atoms with E-state index in [0.29, 0.717) is 16.4 Å². The van der Waals surface area contributed by atoms with Gasteiger partial charge in [0.05, 0.1) is 16.8 Å². The summed E-state index contributed by atoms with van der Waals surface area (Å²) in [5, 5.41) is 10.2. The Morgan fingerprint density at radius 1 is 1.29 bits per heavy atom. The number of aromatic carboxylic acids is 1. The van der Waals surface area contributed by atoms with Gasteiger partial charge in [0, 0.05) is 13.1 Å². The molecule has 1 aromatic carbocycles. The number of hydrogen-bond acceptors (Lipinski definition) is 4. The van der Waals surface area contributed by atoms with Crippen molar-refractivity contribution in [1.29, 1.82) is 0 Å². The summed E-state index contributed by atoms with van der Waals surface area (Å²) < 4.78 is 0. The average molecular weight is 344 g/mol. The molecule has 0 radical (unpaired) electrons. The molecule has 24 heavy (non-hydrogen) atoms. The molecule has 1 aliphatic heterocycles. The summed E-state index contributed by atoms with van der Waals surface area (Å²) in [7, 11) is 0. The van der Waals surface area contributed by atoms with Crippen molar-refractivity contribution in [2.45, 2.75) is 26.2 Å². The lowest BCUT2D eigenvalue weighted by molar-refractivity contribution is 0.0694. The SMILES string of the molecule is Cc1ncc(C(=O)N2CCC(Cc3ccccc3C(=O)O)CC2)s1. The number of carbonyl (C=O) groups excluding carboxylic acids is 1. The minimum Gasteiger partial charge on any atom is -0.478 e. The largest absolute Gasteiger partial charge is 0.478 e. The zero-order valence-corrected chi connectivity index (χ0v) is 14.4. The van der Waals surface area contributed by atoms with E-state index in [1.54, 1.807) is 18.3 Å². The first kappa shape index (κ1) is 16.6. The van der Waals surface area contributed by atoms with Crippen LogP contribution in [-0.2, 0) is 6.42 Å². The molecular weight excluding hydrogens is 324 g/mol. The number of carboxylic acids is 1. The predicted molar refractivity (Wildman–Crippen MR) is 92.6 cm³/mol. The Labute approximate surface area is 145 Å². The summed E-state index contributed by atoms with van der Waals surface area (Å²) in [5.41, 5.74) is 1.27. The Kier molecular flexibility index (Phi) is 4.94. The lowest BCUT2D eigenvalue weighted by Crippen LogP contribution is -2.38. The Bertz CT molecular complexity index is 748. The van der Waals surface area contributed by atoms with Crippen molar-refractivity contribution < 1.29 is 14.7 Å². The van der Waals surface area contributed by atoms with E-state index in [-0.39, 0.29) is 5.91 Å². The molecular formula is C18H20N2O3S. The minimum absolute atomic E-state index is 0.0602. The van der Waals surface area contributed by atoms with Crippen LogP contribution < -0.4 is 0 Å². The summed E-state index contributed by atoms with van der Waals surface area (Å²) >= 11 is 1.43. The van der Waals surface area contributed by atoms with Gasteiger partial charge >= 0.3 is 5.97 Å². The normalized spacial score (nSPS) is 15.5. The van der Waals surface area contributed by atoms with E-state index in [0.717, 1.165) is 42.9 Å². The van der Waals surface area contributed by atoms with Gasteiger partial charge in [-0.25, -0.2) is 9.78 Å². The molecule has 2 aromatic rings. The second-order valence-electron chi connectivity index (χ2n) is 6.15. The number of hydrogen-bond donors (Lipinski definition) is 1. The van der Waals surface area contributed by atoms with Crippen LogP contribution in [0.4, 0.5) is 0 Å². The van der Waals surface area contributed by atoms with E-state index in [4.69, 9.17) is 0 Å². The number of thiazole rings is 1. The van der Waals surface area contributed by atoms with Crippen LogP contribution in [0.25, 0.3) is 0 Å². The molecule has 0 aliphatic carbocycles. The van der Waals surface area contributed by atoms with Crippen molar-refractivity contribution in [3.8, 4) is 0 Å². The number of aryl methyl sites for hydroxylation is 1. The van der Waals surface area contributed by atoms with E-state index in [2.05, 4.69) is 4.98 Å². The maximum Gasteiger partial charge on any atom is 0.335 e. The standard InChI is InChI=1S/C18H20N2O3S/c1-12-19-11-16(24-12)17(21)20-8-6-13(7-9-20)10-14-4-2-3-5-15(14)18(22)23/h2-5,11,13H,6-10H2,1H3,(H,22,23). The fourth-order valence-corrected chi connectivity index (χ4v) is 3.92. The number of piperidine rings is 1. The van der Waals surface area contributed by atoms with Crippen LogP contribution in [-0.4, -0.2) is 40.0 Å². The molecule has 0 atom stereocenters. The monoisotopic (exact) mass is 344 g/mol. The molecule has 1 aromatic heterocycles. The van der Waals surface area contributed by atoms with E-state index in [1.165, 1.54) is 11.3 Å². The van der Waals surface area contributed by atoms with E-state index >= 15 is 0 Å². The molecule has 0 unspecified atom stereocenters. The highest BCUT2D eigenvalue weighted by molar-refractivity contribution is 7.13. The summed E-state index contributed by atoms with van der Waals surface area (Å²) in [6.45, 7) is 3.33. The van der Waals surface area contributed by atoms with Crippen LogP contribution in [0, 0.1) is 12.8 Å². The first-order valence-electron chi connectivity index (χ1n) is 8.07. The molecule has 0 spiro atoms. The van der Waals surface area contributed by atoms with Gasteiger partial charge in [-0.05, 0) is 43.7 Å². The maximum atomic E-state index is 12.4. The molecule has 2 heterocycles. The number of benzene rings is 1. The number of amides is 1. The van der Waals surface area contributed by atoms with Crippen LogP contribution >= 0.6 is 11.3 Å². The van der Waals surface area contributed by atoms with Gasteiger partial charge in [-0.2, -0.15) is 0 Å². The molecule has 0 bridgehead atoms. The highest BCUT2D eigenvalue weighted by atomic mass is 32.1. The summed E-state index contributed by atoms with van der Waals surface area (Å²) in [4.78, 5) is 30.5. The van der Waals surface area contributed by atoms with Crippen LogP contribution in [0.3, 0.4) is 0 Å². The summed E-state index contributed by atoms with van der Waals surface area (Å²) in [6.07, 6.45) is 4.21. The molecule has 1 saturated heterocycles. The number of rotatable bonds is 4. The quantitative estimate of drug-likeness (QED) is 0.924. The molecule has 0 saturated carbocycles. The van der Waals surface area contributed by atoms with Gasteiger partial charge in [0.1, 0.15) is 4.88 Å². The summed E-state index contributed by atoms with van der Waals surface area (Å²) in [5.74, 6) is -0.401. The van der Waals surface area contributed by atoms with E-state index in [1.807, 2.05) is 24.0 Å². The highest BCUT2D eigenvalue weighted by Gasteiger charge is 2.25. The van der Waals surface area contributed by atoms with Crippen molar-refractivity contribution in [3.63, 3.8) is 0 Å². The molecule has 3 rings (SSSR count). The number of nitrogens with zero attached hydrogens (tertiary/aromatic N) is 2. The number of aromatic nitrogens is 1. The maximum absolute atomic E-state index is 12.4. The second-order valence-corrected chi connectivity index (χ2v) is 7.38. The van der Waals surface area contributed by atoms with Gasteiger partial charge in [-0.1, -0.05) is 18.2 Å². The molecule has 1 amide bonds. The van der Waals surface area contributed by atoms with Gasteiger partial charge < -0.3 is 10.0 Å². The van der Waals surface area contributed by atoms with Crippen molar-refractivity contribution in [2.24, 2.45) is 5.92 Å². The topological polar surface area (TPSA) is 70.5 Å². The van der Waals surface area contributed by atoms with Gasteiger partial charge in [0.15, 0.2) is 0 Å². The number of carboxylic acid groups (broad SMARTS) is 1. The van der Waals surface area contributed by atoms with E-state index in [9.17, 15) is 14.7 Å². The lowest BCUT2D eigenvalue weighted by atomic mass is 9.88. The van der Waals surface area contributed by atoms with Gasteiger partial charge in [-0.3, -0.25) is 4.79 Å².